The van der Waals surface area contributed by atoms with Crippen LogP contribution in [0.2, 0.25) is 0 Å². The molecule has 0 saturated heterocycles. The Morgan fingerprint density at radius 2 is 1.66 bits per heavy atom. The van der Waals surface area contributed by atoms with Gasteiger partial charge in [0.05, 0.1) is 19.1 Å². The monoisotopic (exact) mass is 410 g/mol. The summed E-state index contributed by atoms with van der Waals surface area (Å²) in [4.78, 5) is 12.7. The van der Waals surface area contributed by atoms with Crippen molar-refractivity contribution in [1.29, 1.82) is 0 Å². The van der Waals surface area contributed by atoms with Crippen molar-refractivity contribution < 1.29 is 17.9 Å². The van der Waals surface area contributed by atoms with Crippen molar-refractivity contribution in [3.05, 3.63) is 78.9 Å². The molecule has 0 heterocycles. The highest BCUT2D eigenvalue weighted by Crippen LogP contribution is 2.28. The van der Waals surface area contributed by atoms with Gasteiger partial charge in [-0.25, -0.2) is 8.42 Å². The number of nitrogens with one attached hydrogen (secondary N) is 1. The molecule has 1 N–H and O–H groups in total. The van der Waals surface area contributed by atoms with Crippen molar-refractivity contribution in [3.63, 3.8) is 0 Å². The van der Waals surface area contributed by atoms with Crippen LogP contribution >= 0.6 is 0 Å². The molecule has 0 bridgehead atoms. The summed E-state index contributed by atoms with van der Waals surface area (Å²) in [5.74, 6) is 0.0626. The van der Waals surface area contributed by atoms with Crippen LogP contribution in [0.15, 0.2) is 78.9 Å². The number of anilines is 2. The number of nitrogens with zero attached hydrogens (tertiary/aromatic N) is 1. The lowest BCUT2D eigenvalue weighted by Crippen LogP contribution is -2.37. The van der Waals surface area contributed by atoms with Crippen LogP contribution in [0.5, 0.6) is 5.75 Å². The average Bonchev–Trinajstić information content (AvgIpc) is 2.72. The van der Waals surface area contributed by atoms with Crippen molar-refractivity contribution in [2.75, 3.05) is 29.5 Å². The van der Waals surface area contributed by atoms with Crippen LogP contribution in [0.25, 0.3) is 11.1 Å². The number of sulfonamides is 1. The van der Waals surface area contributed by atoms with Gasteiger partial charge in [0.1, 0.15) is 12.3 Å². The number of carbonyl (C=O) groups excluding carboxylic acids is 1. The van der Waals surface area contributed by atoms with Gasteiger partial charge in [-0.15, -0.1) is 0 Å². The summed E-state index contributed by atoms with van der Waals surface area (Å²) in [7, 11) is -2.18. The van der Waals surface area contributed by atoms with E-state index < -0.39 is 15.9 Å². The van der Waals surface area contributed by atoms with E-state index >= 15 is 0 Å². The van der Waals surface area contributed by atoms with Gasteiger partial charge < -0.3 is 10.1 Å². The van der Waals surface area contributed by atoms with E-state index in [9.17, 15) is 13.2 Å². The number of benzene rings is 3. The van der Waals surface area contributed by atoms with Gasteiger partial charge in [0.25, 0.3) is 0 Å². The normalized spacial score (nSPS) is 11.0. The number of carbonyl (C=O) groups is 1. The Labute approximate surface area is 170 Å². The number of para-hydroxylation sites is 1. The highest BCUT2D eigenvalue weighted by molar-refractivity contribution is 7.92. The Hall–Kier alpha value is -3.32. The van der Waals surface area contributed by atoms with Gasteiger partial charge in [-0.2, -0.15) is 0 Å². The lowest BCUT2D eigenvalue weighted by molar-refractivity contribution is -0.114. The topological polar surface area (TPSA) is 75.7 Å². The fraction of sp³-hybridized carbons (Fsp3) is 0.136. The van der Waals surface area contributed by atoms with Gasteiger partial charge in [-0.3, -0.25) is 9.10 Å². The quantitative estimate of drug-likeness (QED) is 0.643. The van der Waals surface area contributed by atoms with E-state index in [0.717, 1.165) is 21.7 Å². The minimum atomic E-state index is -3.68. The summed E-state index contributed by atoms with van der Waals surface area (Å²) in [5, 5.41) is 2.83. The maximum atomic E-state index is 12.7. The fourth-order valence-corrected chi connectivity index (χ4v) is 3.80. The first-order valence-corrected chi connectivity index (χ1v) is 10.8. The maximum Gasteiger partial charge on any atom is 0.245 e. The summed E-state index contributed by atoms with van der Waals surface area (Å²) in [5.41, 5.74) is 2.78. The van der Waals surface area contributed by atoms with Crippen LogP contribution in [-0.2, 0) is 14.8 Å². The number of ether oxygens (including phenoxy) is 1. The van der Waals surface area contributed by atoms with Crippen LogP contribution in [0.1, 0.15) is 0 Å². The molecule has 150 valence electrons. The molecule has 29 heavy (non-hydrogen) atoms. The standard InChI is InChI=1S/C22H22N2O4S/c1-28-19-12-8-11-18(15-19)24(29(2,26)27)16-22(25)23-21-14-7-6-13-20(21)17-9-4-3-5-10-17/h3-15H,16H2,1-2H3,(H,23,25). The van der Waals surface area contributed by atoms with Crippen molar-refractivity contribution in [2.24, 2.45) is 0 Å². The third-order valence-corrected chi connectivity index (χ3v) is 5.46. The van der Waals surface area contributed by atoms with Crippen molar-refractivity contribution >= 4 is 27.3 Å². The molecular formula is C22H22N2O4S. The van der Waals surface area contributed by atoms with Gasteiger partial charge in [0.15, 0.2) is 0 Å². The number of hydrogen-bond donors (Lipinski definition) is 1. The second kappa shape index (κ2) is 8.79. The Morgan fingerprint density at radius 3 is 2.34 bits per heavy atom. The average molecular weight is 410 g/mol. The van der Waals surface area contributed by atoms with E-state index in [1.165, 1.54) is 7.11 Å². The third-order valence-electron chi connectivity index (χ3n) is 4.31. The molecular weight excluding hydrogens is 388 g/mol. The molecule has 0 spiro atoms. The summed E-state index contributed by atoms with van der Waals surface area (Å²) < 4.78 is 30.8. The summed E-state index contributed by atoms with van der Waals surface area (Å²) in [6, 6.07) is 23.6. The Balaban J connectivity index is 1.85. The van der Waals surface area contributed by atoms with Crippen LogP contribution in [0, 0.1) is 0 Å². The van der Waals surface area contributed by atoms with Gasteiger partial charge in [-0.1, -0.05) is 54.6 Å². The molecule has 0 aliphatic carbocycles. The number of rotatable bonds is 7. The molecule has 3 aromatic rings. The second-order valence-electron chi connectivity index (χ2n) is 6.43. The first kappa shape index (κ1) is 20.4. The molecule has 7 heteroatoms. The fourth-order valence-electron chi connectivity index (χ4n) is 2.95. The minimum Gasteiger partial charge on any atom is -0.497 e. The number of amides is 1. The van der Waals surface area contributed by atoms with E-state index in [-0.39, 0.29) is 6.54 Å². The molecule has 3 aromatic carbocycles. The van der Waals surface area contributed by atoms with Crippen LogP contribution < -0.4 is 14.4 Å². The van der Waals surface area contributed by atoms with Crippen molar-refractivity contribution in [2.45, 2.75) is 0 Å². The Morgan fingerprint density at radius 1 is 0.966 bits per heavy atom. The van der Waals surface area contributed by atoms with Gasteiger partial charge in [0.2, 0.25) is 15.9 Å². The molecule has 0 radical (unpaired) electrons. The number of methoxy groups -OCH3 is 1. The van der Waals surface area contributed by atoms with E-state index in [1.807, 2.05) is 48.5 Å². The molecule has 0 fully saturated rings. The van der Waals surface area contributed by atoms with Gasteiger partial charge in [0, 0.05) is 17.3 Å². The highest BCUT2D eigenvalue weighted by Gasteiger charge is 2.22. The molecule has 0 saturated carbocycles. The predicted octanol–water partition coefficient (Wildman–Crippen LogP) is 3.77. The second-order valence-corrected chi connectivity index (χ2v) is 8.34. The first-order valence-electron chi connectivity index (χ1n) is 8.94. The predicted molar refractivity (Wildman–Crippen MR) is 116 cm³/mol. The van der Waals surface area contributed by atoms with E-state index in [2.05, 4.69) is 5.32 Å². The van der Waals surface area contributed by atoms with Crippen LogP contribution in [0.3, 0.4) is 0 Å². The summed E-state index contributed by atoms with van der Waals surface area (Å²) >= 11 is 0. The minimum absolute atomic E-state index is 0.352. The SMILES string of the molecule is COc1cccc(N(CC(=O)Nc2ccccc2-c2ccccc2)S(C)(=O)=O)c1. The van der Waals surface area contributed by atoms with E-state index in [0.29, 0.717) is 17.1 Å². The molecule has 0 atom stereocenters. The Kier molecular flexibility index (Phi) is 6.19. The zero-order valence-electron chi connectivity index (χ0n) is 16.2. The zero-order valence-corrected chi connectivity index (χ0v) is 17.0. The smallest absolute Gasteiger partial charge is 0.245 e. The summed E-state index contributed by atoms with van der Waals surface area (Å²) in [6.07, 6.45) is 1.07. The molecule has 1 amide bonds. The zero-order chi connectivity index (χ0) is 20.9. The molecule has 3 rings (SSSR count). The largest absolute Gasteiger partial charge is 0.497 e. The molecule has 0 aliphatic rings. The van der Waals surface area contributed by atoms with Crippen molar-refractivity contribution in [3.8, 4) is 16.9 Å². The van der Waals surface area contributed by atoms with Crippen LogP contribution in [-0.4, -0.2) is 34.2 Å². The molecule has 0 unspecified atom stereocenters. The molecule has 0 aromatic heterocycles. The maximum absolute atomic E-state index is 12.7. The van der Waals surface area contributed by atoms with Gasteiger partial charge >= 0.3 is 0 Å². The van der Waals surface area contributed by atoms with Crippen LogP contribution in [0.4, 0.5) is 11.4 Å². The van der Waals surface area contributed by atoms with Crippen molar-refractivity contribution in [1.82, 2.24) is 0 Å². The Bertz CT molecular complexity index is 1100. The lowest BCUT2D eigenvalue weighted by Gasteiger charge is -2.22. The summed E-state index contributed by atoms with van der Waals surface area (Å²) in [6.45, 7) is -0.352. The third kappa shape index (κ3) is 5.14. The number of hydrogen-bond acceptors (Lipinski definition) is 4. The molecule has 6 nitrogen and oxygen atoms in total. The van der Waals surface area contributed by atoms with E-state index in [1.54, 1.807) is 30.3 Å². The highest BCUT2D eigenvalue weighted by atomic mass is 32.2. The first-order chi connectivity index (χ1) is 13.9. The van der Waals surface area contributed by atoms with Gasteiger partial charge in [-0.05, 0) is 23.8 Å². The lowest BCUT2D eigenvalue weighted by atomic mass is 10.0. The molecule has 0 aliphatic heterocycles. The van der Waals surface area contributed by atoms with E-state index in [4.69, 9.17) is 4.74 Å².